The van der Waals surface area contributed by atoms with Crippen molar-refractivity contribution in [2.75, 3.05) is 13.1 Å². The lowest BCUT2D eigenvalue weighted by Gasteiger charge is -2.31. The van der Waals surface area contributed by atoms with Crippen LogP contribution < -0.4 is 0 Å². The Morgan fingerprint density at radius 2 is 1.84 bits per heavy atom. The van der Waals surface area contributed by atoms with Crippen LogP contribution in [0.5, 0.6) is 0 Å². The first-order valence-electron chi connectivity index (χ1n) is 7.71. The minimum Gasteiger partial charge on any atom is -0.300 e. The minimum absolute atomic E-state index is 0.381. The molecule has 1 unspecified atom stereocenters. The summed E-state index contributed by atoms with van der Waals surface area (Å²) in [6, 6.07) is 0.381. The average molecular weight is 280 g/mol. The number of unbranched alkanes of at least 4 members (excludes halogenated alkanes) is 2. The highest BCUT2D eigenvalue weighted by molar-refractivity contribution is 6.83. The average Bonchev–Trinajstić information content (AvgIpc) is 2.34. The molecule has 1 saturated heterocycles. The van der Waals surface area contributed by atoms with Gasteiger partial charge in [0.05, 0.1) is 6.04 Å². The van der Waals surface area contributed by atoms with Crippen LogP contribution in [0.3, 0.4) is 0 Å². The number of carbonyl (C=O) groups is 1. The van der Waals surface area contributed by atoms with E-state index in [0.29, 0.717) is 11.8 Å². The Morgan fingerprint density at radius 1 is 1.21 bits per heavy atom. The second-order valence-electron chi connectivity index (χ2n) is 6.61. The maximum atomic E-state index is 11.4. The summed E-state index contributed by atoms with van der Waals surface area (Å²) in [4.78, 5) is 13.8. The van der Waals surface area contributed by atoms with Gasteiger partial charge >= 0.3 is 0 Å². The van der Waals surface area contributed by atoms with E-state index < -0.39 is 8.07 Å². The lowest BCUT2D eigenvalue weighted by molar-refractivity contribution is -0.121. The van der Waals surface area contributed by atoms with Gasteiger partial charge in [0.25, 0.3) is 0 Å². The molecule has 108 valence electrons. The van der Waals surface area contributed by atoms with Gasteiger partial charge in [-0.15, -0.1) is 5.54 Å². The summed E-state index contributed by atoms with van der Waals surface area (Å²) in [5.41, 5.74) is 3.52. The summed E-state index contributed by atoms with van der Waals surface area (Å²) in [5.74, 6) is 3.95. The third-order valence-corrected chi connectivity index (χ3v) is 4.39. The van der Waals surface area contributed by atoms with Crippen LogP contribution in [0.2, 0.25) is 19.6 Å². The molecule has 1 atom stereocenters. The Labute approximate surface area is 120 Å². The van der Waals surface area contributed by atoms with Crippen LogP contribution in [0.4, 0.5) is 0 Å². The SMILES string of the molecule is CCCCCC(C#C[Si](C)(C)C)N1CCC(=O)CC1. The van der Waals surface area contributed by atoms with Crippen LogP contribution in [0.25, 0.3) is 0 Å². The molecule has 0 aromatic heterocycles. The summed E-state index contributed by atoms with van der Waals surface area (Å²) in [7, 11) is -1.30. The summed E-state index contributed by atoms with van der Waals surface area (Å²) < 4.78 is 0. The molecule has 0 amide bonds. The second kappa shape index (κ2) is 7.87. The first-order chi connectivity index (χ1) is 8.92. The normalized spacial score (nSPS) is 18.8. The first kappa shape index (κ1) is 16.5. The number of hydrogen-bond acceptors (Lipinski definition) is 2. The third-order valence-electron chi connectivity index (χ3n) is 3.49. The van der Waals surface area contributed by atoms with Gasteiger partial charge in [-0.1, -0.05) is 51.7 Å². The van der Waals surface area contributed by atoms with Gasteiger partial charge in [0.2, 0.25) is 0 Å². The molecular formula is C16H29NOSi. The zero-order valence-electron chi connectivity index (χ0n) is 13.1. The predicted octanol–water partition coefficient (Wildman–Crippen LogP) is 3.48. The van der Waals surface area contributed by atoms with E-state index in [1.165, 1.54) is 25.7 Å². The second-order valence-corrected chi connectivity index (χ2v) is 11.4. The quantitative estimate of drug-likeness (QED) is 0.436. The lowest BCUT2D eigenvalue weighted by atomic mass is 10.0. The Hall–Kier alpha value is -0.593. The molecular weight excluding hydrogens is 250 g/mol. The smallest absolute Gasteiger partial charge is 0.135 e. The van der Waals surface area contributed by atoms with Crippen molar-refractivity contribution in [2.24, 2.45) is 0 Å². The molecule has 0 saturated carbocycles. The zero-order chi connectivity index (χ0) is 14.3. The molecule has 1 rings (SSSR count). The molecule has 0 N–H and O–H groups in total. The molecule has 1 aliphatic rings. The van der Waals surface area contributed by atoms with Crippen molar-refractivity contribution in [3.8, 4) is 11.5 Å². The van der Waals surface area contributed by atoms with Crippen LogP contribution in [0.1, 0.15) is 45.4 Å². The highest BCUT2D eigenvalue weighted by atomic mass is 28.3. The standard InChI is InChI=1S/C16H29NOSi/c1-5-6-7-8-15(11-14-19(2,3)4)17-12-9-16(18)10-13-17/h15H,5-10,12-13H2,1-4H3. The fraction of sp³-hybridized carbons (Fsp3) is 0.812. The largest absolute Gasteiger partial charge is 0.300 e. The van der Waals surface area contributed by atoms with Crippen molar-refractivity contribution in [3.63, 3.8) is 0 Å². The lowest BCUT2D eigenvalue weighted by Crippen LogP contribution is -2.41. The monoisotopic (exact) mass is 279 g/mol. The van der Waals surface area contributed by atoms with Crippen LogP contribution in [0.15, 0.2) is 0 Å². The maximum Gasteiger partial charge on any atom is 0.135 e. The van der Waals surface area contributed by atoms with E-state index in [4.69, 9.17) is 0 Å². The van der Waals surface area contributed by atoms with Crippen LogP contribution in [-0.2, 0) is 4.79 Å². The highest BCUT2D eigenvalue weighted by Gasteiger charge is 2.22. The summed E-state index contributed by atoms with van der Waals surface area (Å²) >= 11 is 0. The number of piperidine rings is 1. The van der Waals surface area contributed by atoms with Crippen molar-refractivity contribution in [1.29, 1.82) is 0 Å². The van der Waals surface area contributed by atoms with E-state index in [9.17, 15) is 4.79 Å². The molecule has 0 aromatic rings. The highest BCUT2D eigenvalue weighted by Crippen LogP contribution is 2.15. The number of Topliss-reactive ketones (excluding diaryl/α,β-unsaturated/α-hetero) is 1. The van der Waals surface area contributed by atoms with E-state index in [0.717, 1.165) is 25.9 Å². The van der Waals surface area contributed by atoms with E-state index >= 15 is 0 Å². The van der Waals surface area contributed by atoms with Gasteiger partial charge in [-0.05, 0) is 6.42 Å². The Morgan fingerprint density at radius 3 is 2.37 bits per heavy atom. The molecule has 0 spiro atoms. The van der Waals surface area contributed by atoms with Crippen molar-refractivity contribution >= 4 is 13.9 Å². The number of likely N-dealkylation sites (tertiary alicyclic amines) is 1. The third kappa shape index (κ3) is 6.94. The number of nitrogens with zero attached hydrogens (tertiary/aromatic N) is 1. The van der Waals surface area contributed by atoms with Gasteiger partial charge in [0, 0.05) is 25.9 Å². The van der Waals surface area contributed by atoms with E-state index in [-0.39, 0.29) is 0 Å². The number of hydrogen-bond donors (Lipinski definition) is 0. The molecule has 1 aliphatic heterocycles. The maximum absolute atomic E-state index is 11.4. The van der Waals surface area contributed by atoms with Gasteiger partial charge in [0.1, 0.15) is 13.9 Å². The van der Waals surface area contributed by atoms with E-state index in [2.05, 4.69) is 42.9 Å². The molecule has 1 heterocycles. The minimum atomic E-state index is -1.30. The molecule has 0 aromatic carbocycles. The van der Waals surface area contributed by atoms with Gasteiger partial charge in [-0.25, -0.2) is 0 Å². The topological polar surface area (TPSA) is 20.3 Å². The predicted molar refractivity (Wildman–Crippen MR) is 84.9 cm³/mol. The van der Waals surface area contributed by atoms with Crippen LogP contribution >= 0.6 is 0 Å². The fourth-order valence-electron chi connectivity index (χ4n) is 2.32. The zero-order valence-corrected chi connectivity index (χ0v) is 14.1. The Bertz CT molecular complexity index is 338. The number of rotatable bonds is 5. The van der Waals surface area contributed by atoms with Crippen LogP contribution in [0, 0.1) is 11.5 Å². The van der Waals surface area contributed by atoms with Crippen molar-refractivity contribution in [2.45, 2.75) is 71.1 Å². The van der Waals surface area contributed by atoms with Crippen molar-refractivity contribution < 1.29 is 4.79 Å². The van der Waals surface area contributed by atoms with Crippen molar-refractivity contribution in [1.82, 2.24) is 4.90 Å². The van der Waals surface area contributed by atoms with Crippen LogP contribution in [-0.4, -0.2) is 37.9 Å². The van der Waals surface area contributed by atoms with Gasteiger partial charge in [-0.2, -0.15) is 0 Å². The van der Waals surface area contributed by atoms with E-state index in [1.54, 1.807) is 0 Å². The molecule has 0 aliphatic carbocycles. The summed E-state index contributed by atoms with van der Waals surface area (Å²) in [6.07, 6.45) is 6.41. The van der Waals surface area contributed by atoms with Gasteiger partial charge < -0.3 is 0 Å². The summed E-state index contributed by atoms with van der Waals surface area (Å²) in [6.45, 7) is 10.9. The molecule has 0 radical (unpaired) electrons. The van der Waals surface area contributed by atoms with Gasteiger partial charge in [0.15, 0.2) is 0 Å². The van der Waals surface area contributed by atoms with Crippen molar-refractivity contribution in [3.05, 3.63) is 0 Å². The first-order valence-corrected chi connectivity index (χ1v) is 11.2. The Balaban J connectivity index is 2.62. The number of ketones is 1. The van der Waals surface area contributed by atoms with Gasteiger partial charge in [-0.3, -0.25) is 9.69 Å². The Kier molecular flexibility index (Phi) is 6.81. The van der Waals surface area contributed by atoms with E-state index in [1.807, 2.05) is 0 Å². The molecule has 0 bridgehead atoms. The number of carbonyl (C=O) groups excluding carboxylic acids is 1. The molecule has 3 heteroatoms. The summed E-state index contributed by atoms with van der Waals surface area (Å²) in [5, 5.41) is 0. The molecule has 2 nitrogen and oxygen atoms in total. The molecule has 19 heavy (non-hydrogen) atoms. The molecule has 1 fully saturated rings. The fourth-order valence-corrected chi connectivity index (χ4v) is 2.92.